The van der Waals surface area contributed by atoms with E-state index in [1.807, 2.05) is 0 Å². The van der Waals surface area contributed by atoms with Crippen LogP contribution in [0.4, 0.5) is 5.69 Å². The summed E-state index contributed by atoms with van der Waals surface area (Å²) >= 11 is 0. The second-order valence-corrected chi connectivity index (χ2v) is 6.42. The van der Waals surface area contributed by atoms with E-state index in [1.165, 1.54) is 26.0 Å². The van der Waals surface area contributed by atoms with Gasteiger partial charge < -0.3 is 24.8 Å². The van der Waals surface area contributed by atoms with Crippen molar-refractivity contribution in [1.29, 1.82) is 0 Å². The van der Waals surface area contributed by atoms with Gasteiger partial charge in [-0.15, -0.1) is 0 Å². The minimum atomic E-state index is -1.36. The Morgan fingerprint density at radius 1 is 1.35 bits per heavy atom. The SMILES string of the molecule is CCC(C)(NC(=O)C1CC(=O)N(c2ccc(OC)cc2OC)C1)C(=O)O. The molecule has 2 unspecified atom stereocenters. The first-order valence-corrected chi connectivity index (χ1v) is 8.33. The number of carboxylic acid groups (broad SMARTS) is 1. The predicted molar refractivity (Wildman–Crippen MR) is 94.5 cm³/mol. The molecule has 0 aromatic heterocycles. The number of rotatable bonds is 7. The Kier molecular flexibility index (Phi) is 5.74. The number of carboxylic acids is 1. The predicted octanol–water partition coefficient (Wildman–Crippen LogP) is 1.43. The Morgan fingerprint density at radius 3 is 2.58 bits per heavy atom. The van der Waals surface area contributed by atoms with Gasteiger partial charge in [0.1, 0.15) is 17.0 Å². The molecule has 1 saturated heterocycles. The van der Waals surface area contributed by atoms with Crippen LogP contribution in [0.2, 0.25) is 0 Å². The minimum Gasteiger partial charge on any atom is -0.497 e. The lowest BCUT2D eigenvalue weighted by atomic mass is 9.97. The molecule has 0 spiro atoms. The lowest BCUT2D eigenvalue weighted by Crippen LogP contribution is -2.53. The number of ether oxygens (including phenoxy) is 2. The number of carbonyl (C=O) groups excluding carboxylic acids is 2. The number of hydrogen-bond donors (Lipinski definition) is 2. The highest BCUT2D eigenvalue weighted by Gasteiger charge is 2.40. The average Bonchev–Trinajstić information content (AvgIpc) is 3.02. The number of nitrogens with one attached hydrogen (secondary N) is 1. The van der Waals surface area contributed by atoms with Crippen LogP contribution in [0.5, 0.6) is 11.5 Å². The molecule has 26 heavy (non-hydrogen) atoms. The van der Waals surface area contributed by atoms with Gasteiger partial charge in [-0.2, -0.15) is 0 Å². The molecular weight excluding hydrogens is 340 g/mol. The van der Waals surface area contributed by atoms with Crippen molar-refractivity contribution in [2.24, 2.45) is 5.92 Å². The van der Waals surface area contributed by atoms with Gasteiger partial charge in [0.2, 0.25) is 11.8 Å². The van der Waals surface area contributed by atoms with E-state index < -0.39 is 23.3 Å². The van der Waals surface area contributed by atoms with E-state index in [2.05, 4.69) is 5.32 Å². The highest BCUT2D eigenvalue weighted by molar-refractivity contribution is 6.02. The zero-order chi connectivity index (χ0) is 19.5. The number of benzene rings is 1. The van der Waals surface area contributed by atoms with Gasteiger partial charge >= 0.3 is 5.97 Å². The van der Waals surface area contributed by atoms with Gasteiger partial charge in [0.15, 0.2) is 0 Å². The van der Waals surface area contributed by atoms with Crippen LogP contribution in [0.3, 0.4) is 0 Å². The minimum absolute atomic E-state index is 0.0143. The van der Waals surface area contributed by atoms with Crippen LogP contribution in [0.1, 0.15) is 26.7 Å². The van der Waals surface area contributed by atoms with E-state index in [4.69, 9.17) is 9.47 Å². The molecule has 0 aliphatic carbocycles. The van der Waals surface area contributed by atoms with Crippen molar-refractivity contribution in [2.75, 3.05) is 25.7 Å². The average molecular weight is 364 g/mol. The third-order valence-corrected chi connectivity index (χ3v) is 4.75. The fourth-order valence-electron chi connectivity index (χ4n) is 2.79. The van der Waals surface area contributed by atoms with E-state index in [1.54, 1.807) is 25.1 Å². The summed E-state index contributed by atoms with van der Waals surface area (Å²) in [5.74, 6) is -1.34. The van der Waals surface area contributed by atoms with Crippen LogP contribution in [-0.2, 0) is 14.4 Å². The van der Waals surface area contributed by atoms with Gasteiger partial charge in [-0.05, 0) is 25.5 Å². The zero-order valence-electron chi connectivity index (χ0n) is 15.4. The van der Waals surface area contributed by atoms with Crippen molar-refractivity contribution >= 4 is 23.5 Å². The maximum atomic E-state index is 12.5. The van der Waals surface area contributed by atoms with Gasteiger partial charge in [-0.3, -0.25) is 9.59 Å². The summed E-state index contributed by atoms with van der Waals surface area (Å²) in [5.41, 5.74) is -0.809. The molecule has 1 fully saturated rings. The highest BCUT2D eigenvalue weighted by atomic mass is 16.5. The van der Waals surface area contributed by atoms with Crippen molar-refractivity contribution in [3.63, 3.8) is 0 Å². The number of methoxy groups -OCH3 is 2. The van der Waals surface area contributed by atoms with Crippen molar-refractivity contribution in [3.8, 4) is 11.5 Å². The molecule has 0 bridgehead atoms. The monoisotopic (exact) mass is 364 g/mol. The van der Waals surface area contributed by atoms with E-state index >= 15 is 0 Å². The van der Waals surface area contributed by atoms with Gasteiger partial charge in [0.05, 0.1) is 25.8 Å². The Hall–Kier alpha value is -2.77. The summed E-state index contributed by atoms with van der Waals surface area (Å²) in [4.78, 5) is 37.8. The van der Waals surface area contributed by atoms with Gasteiger partial charge in [-0.25, -0.2) is 4.79 Å². The maximum absolute atomic E-state index is 12.5. The Labute approximate surface area is 152 Å². The van der Waals surface area contributed by atoms with Crippen molar-refractivity contribution in [2.45, 2.75) is 32.2 Å². The van der Waals surface area contributed by atoms with Crippen molar-refractivity contribution in [1.82, 2.24) is 5.32 Å². The van der Waals surface area contributed by atoms with Gasteiger partial charge in [0.25, 0.3) is 0 Å². The summed E-state index contributed by atoms with van der Waals surface area (Å²) in [6.07, 6.45) is 0.255. The molecule has 1 heterocycles. The van der Waals surface area contributed by atoms with Crippen LogP contribution in [0.25, 0.3) is 0 Å². The number of amides is 2. The normalized spacial score (nSPS) is 19.0. The lowest BCUT2D eigenvalue weighted by Gasteiger charge is -2.26. The number of nitrogens with zero attached hydrogens (tertiary/aromatic N) is 1. The molecule has 2 amide bonds. The smallest absolute Gasteiger partial charge is 0.329 e. The number of carbonyl (C=O) groups is 3. The third kappa shape index (κ3) is 3.74. The first-order valence-electron chi connectivity index (χ1n) is 8.33. The van der Waals surface area contributed by atoms with Gasteiger partial charge in [0, 0.05) is 19.0 Å². The van der Waals surface area contributed by atoms with Gasteiger partial charge in [-0.1, -0.05) is 6.92 Å². The third-order valence-electron chi connectivity index (χ3n) is 4.75. The van der Waals surface area contributed by atoms with Crippen molar-refractivity contribution < 1.29 is 29.0 Å². The molecule has 8 nitrogen and oxygen atoms in total. The number of hydrogen-bond acceptors (Lipinski definition) is 5. The zero-order valence-corrected chi connectivity index (χ0v) is 15.4. The quantitative estimate of drug-likeness (QED) is 0.758. The van der Waals surface area contributed by atoms with Crippen LogP contribution in [0, 0.1) is 5.92 Å². The molecule has 1 aromatic rings. The molecule has 0 radical (unpaired) electrons. The molecule has 2 atom stereocenters. The summed E-state index contributed by atoms with van der Waals surface area (Å²) in [5, 5.41) is 11.9. The first-order chi connectivity index (χ1) is 12.3. The standard InChI is InChI=1S/C18H24N2O6/c1-5-18(2,17(23)24)19-16(22)11-8-15(21)20(10-11)13-7-6-12(25-3)9-14(13)26-4/h6-7,9,11H,5,8,10H2,1-4H3,(H,19,22)(H,23,24). The molecule has 1 aromatic carbocycles. The molecule has 8 heteroatoms. The second kappa shape index (κ2) is 7.63. The Balaban J connectivity index is 2.18. The highest BCUT2D eigenvalue weighted by Crippen LogP contribution is 2.35. The summed E-state index contributed by atoms with van der Waals surface area (Å²) < 4.78 is 10.5. The Bertz CT molecular complexity index is 720. The van der Waals surface area contributed by atoms with E-state index in [-0.39, 0.29) is 25.3 Å². The Morgan fingerprint density at radius 2 is 2.04 bits per heavy atom. The fraction of sp³-hybridized carbons (Fsp3) is 0.500. The van der Waals surface area contributed by atoms with E-state index in [0.717, 1.165) is 0 Å². The van der Waals surface area contributed by atoms with Crippen LogP contribution < -0.4 is 19.7 Å². The fourth-order valence-corrected chi connectivity index (χ4v) is 2.79. The number of aliphatic carboxylic acids is 1. The van der Waals surface area contributed by atoms with E-state index in [9.17, 15) is 19.5 Å². The van der Waals surface area contributed by atoms with Crippen LogP contribution >= 0.6 is 0 Å². The summed E-state index contributed by atoms with van der Waals surface area (Å²) in [6.45, 7) is 3.30. The molecule has 142 valence electrons. The molecular formula is C18H24N2O6. The number of anilines is 1. The van der Waals surface area contributed by atoms with Crippen LogP contribution in [-0.4, -0.2) is 49.2 Å². The molecule has 0 saturated carbocycles. The van der Waals surface area contributed by atoms with Crippen LogP contribution in [0.15, 0.2) is 18.2 Å². The second-order valence-electron chi connectivity index (χ2n) is 6.42. The molecule has 2 N–H and O–H groups in total. The summed E-state index contributed by atoms with van der Waals surface area (Å²) in [6, 6.07) is 5.06. The molecule has 1 aliphatic heterocycles. The molecule has 1 aliphatic rings. The maximum Gasteiger partial charge on any atom is 0.329 e. The topological polar surface area (TPSA) is 105 Å². The first kappa shape index (κ1) is 19.6. The largest absolute Gasteiger partial charge is 0.497 e. The van der Waals surface area contributed by atoms with E-state index in [0.29, 0.717) is 17.2 Å². The molecule has 2 rings (SSSR count). The lowest BCUT2D eigenvalue weighted by molar-refractivity contribution is -0.147. The summed E-state index contributed by atoms with van der Waals surface area (Å²) in [7, 11) is 3.02. The van der Waals surface area contributed by atoms with Crippen molar-refractivity contribution in [3.05, 3.63) is 18.2 Å².